The molecule has 5 heteroatoms. The Balaban J connectivity index is 2.10. The molecule has 0 spiro atoms. The zero-order valence-electron chi connectivity index (χ0n) is 8.86. The molecule has 0 saturated heterocycles. The highest BCUT2D eigenvalue weighted by Gasteiger charge is 2.05. The maximum absolute atomic E-state index is 13.5. The zero-order chi connectivity index (χ0) is 12.3. The number of pyridine rings is 1. The standard InChI is InChI=1S/C12H10ClFN2S/c13-10-6-16-4-3-8(10)7-17-12-2-1-9(15)5-11(12)14/h1-6H,7,15H2. The van der Waals surface area contributed by atoms with Gasteiger partial charge in [-0.25, -0.2) is 4.39 Å². The fourth-order valence-corrected chi connectivity index (χ4v) is 2.50. The second-order valence-corrected chi connectivity index (χ2v) is 4.87. The quantitative estimate of drug-likeness (QED) is 0.681. The molecular formula is C12H10ClFN2S. The molecule has 0 fully saturated rings. The van der Waals surface area contributed by atoms with E-state index in [4.69, 9.17) is 17.3 Å². The van der Waals surface area contributed by atoms with Crippen molar-refractivity contribution in [3.8, 4) is 0 Å². The van der Waals surface area contributed by atoms with Crippen LogP contribution in [0.5, 0.6) is 0 Å². The lowest BCUT2D eigenvalue weighted by molar-refractivity contribution is 0.603. The molecule has 0 aliphatic carbocycles. The fourth-order valence-electron chi connectivity index (χ4n) is 1.31. The molecule has 1 heterocycles. The fraction of sp³-hybridized carbons (Fsp3) is 0.0833. The van der Waals surface area contributed by atoms with Crippen LogP contribution in [0.1, 0.15) is 5.56 Å². The maximum Gasteiger partial charge on any atom is 0.138 e. The Kier molecular flexibility index (Phi) is 3.86. The van der Waals surface area contributed by atoms with Crippen molar-refractivity contribution in [2.24, 2.45) is 0 Å². The molecule has 0 aliphatic rings. The molecule has 0 atom stereocenters. The van der Waals surface area contributed by atoms with Crippen LogP contribution in [0, 0.1) is 5.82 Å². The lowest BCUT2D eigenvalue weighted by atomic mass is 10.3. The van der Waals surface area contributed by atoms with Crippen molar-refractivity contribution >= 4 is 29.1 Å². The van der Waals surface area contributed by atoms with Gasteiger partial charge in [0.1, 0.15) is 5.82 Å². The van der Waals surface area contributed by atoms with Crippen molar-refractivity contribution in [2.45, 2.75) is 10.6 Å². The smallest absolute Gasteiger partial charge is 0.138 e. The Bertz CT molecular complexity index is 534. The number of benzene rings is 1. The van der Waals surface area contributed by atoms with Gasteiger partial charge in [-0.3, -0.25) is 4.98 Å². The van der Waals surface area contributed by atoms with E-state index in [9.17, 15) is 4.39 Å². The monoisotopic (exact) mass is 268 g/mol. The molecule has 17 heavy (non-hydrogen) atoms. The third-order valence-corrected chi connectivity index (χ3v) is 3.63. The van der Waals surface area contributed by atoms with Crippen molar-refractivity contribution in [3.05, 3.63) is 53.1 Å². The van der Waals surface area contributed by atoms with E-state index in [1.807, 2.05) is 6.07 Å². The van der Waals surface area contributed by atoms with Gasteiger partial charge in [-0.15, -0.1) is 11.8 Å². The molecular weight excluding hydrogens is 259 g/mol. The summed E-state index contributed by atoms with van der Waals surface area (Å²) in [6.07, 6.45) is 3.25. The van der Waals surface area contributed by atoms with Crippen molar-refractivity contribution in [2.75, 3.05) is 5.73 Å². The molecule has 0 amide bonds. The summed E-state index contributed by atoms with van der Waals surface area (Å²) in [6.45, 7) is 0. The summed E-state index contributed by atoms with van der Waals surface area (Å²) in [7, 11) is 0. The van der Waals surface area contributed by atoms with E-state index in [2.05, 4.69) is 4.98 Å². The lowest BCUT2D eigenvalue weighted by Gasteiger charge is -2.05. The Hall–Kier alpha value is -1.26. The number of nitrogens with zero attached hydrogens (tertiary/aromatic N) is 1. The van der Waals surface area contributed by atoms with Gasteiger partial charge >= 0.3 is 0 Å². The summed E-state index contributed by atoms with van der Waals surface area (Å²) in [6, 6.07) is 6.49. The van der Waals surface area contributed by atoms with Gasteiger partial charge in [-0.05, 0) is 29.8 Å². The Morgan fingerprint density at radius 3 is 2.88 bits per heavy atom. The summed E-state index contributed by atoms with van der Waals surface area (Å²) < 4.78 is 13.5. The highest BCUT2D eigenvalue weighted by molar-refractivity contribution is 7.98. The topological polar surface area (TPSA) is 38.9 Å². The molecule has 2 aromatic rings. The van der Waals surface area contributed by atoms with Crippen LogP contribution in [0.15, 0.2) is 41.6 Å². The van der Waals surface area contributed by atoms with E-state index in [0.717, 1.165) is 5.56 Å². The lowest BCUT2D eigenvalue weighted by Crippen LogP contribution is -1.89. The van der Waals surface area contributed by atoms with Gasteiger partial charge in [0.05, 0.1) is 5.02 Å². The number of anilines is 1. The Morgan fingerprint density at radius 1 is 1.35 bits per heavy atom. The summed E-state index contributed by atoms with van der Waals surface area (Å²) in [5.74, 6) is 0.294. The summed E-state index contributed by atoms with van der Waals surface area (Å²) in [4.78, 5) is 4.46. The minimum Gasteiger partial charge on any atom is -0.399 e. The van der Waals surface area contributed by atoms with Gasteiger partial charge in [-0.2, -0.15) is 0 Å². The van der Waals surface area contributed by atoms with Crippen LogP contribution in [-0.4, -0.2) is 4.98 Å². The Morgan fingerprint density at radius 2 is 2.18 bits per heavy atom. The van der Waals surface area contributed by atoms with E-state index in [-0.39, 0.29) is 5.82 Å². The zero-order valence-corrected chi connectivity index (χ0v) is 10.4. The second-order valence-electron chi connectivity index (χ2n) is 3.45. The number of nitrogens with two attached hydrogens (primary N) is 1. The summed E-state index contributed by atoms with van der Waals surface area (Å²) in [5.41, 5.74) is 6.84. The van der Waals surface area contributed by atoms with Crippen molar-refractivity contribution in [3.63, 3.8) is 0 Å². The van der Waals surface area contributed by atoms with Crippen molar-refractivity contribution in [1.29, 1.82) is 0 Å². The van der Waals surface area contributed by atoms with E-state index < -0.39 is 0 Å². The number of aromatic nitrogens is 1. The second kappa shape index (κ2) is 5.38. The number of thioether (sulfide) groups is 1. The first-order valence-corrected chi connectivity index (χ1v) is 6.29. The van der Waals surface area contributed by atoms with Gasteiger partial charge < -0.3 is 5.73 Å². The van der Waals surface area contributed by atoms with Gasteiger partial charge in [-0.1, -0.05) is 11.6 Å². The Labute approximate surface area is 108 Å². The minimum atomic E-state index is -0.305. The first-order chi connectivity index (χ1) is 8.16. The van der Waals surface area contributed by atoms with E-state index in [1.165, 1.54) is 17.8 Å². The molecule has 0 bridgehead atoms. The number of hydrogen-bond acceptors (Lipinski definition) is 3. The molecule has 0 aliphatic heterocycles. The molecule has 0 saturated carbocycles. The van der Waals surface area contributed by atoms with Crippen LogP contribution < -0.4 is 5.73 Å². The van der Waals surface area contributed by atoms with Crippen LogP contribution in [0.3, 0.4) is 0 Å². The van der Waals surface area contributed by atoms with Crippen molar-refractivity contribution in [1.82, 2.24) is 4.98 Å². The van der Waals surface area contributed by atoms with Crippen LogP contribution >= 0.6 is 23.4 Å². The molecule has 88 valence electrons. The highest BCUT2D eigenvalue weighted by atomic mass is 35.5. The van der Waals surface area contributed by atoms with Gasteiger partial charge in [0.25, 0.3) is 0 Å². The SMILES string of the molecule is Nc1ccc(SCc2ccncc2Cl)c(F)c1. The number of hydrogen-bond donors (Lipinski definition) is 1. The van der Waals surface area contributed by atoms with Crippen LogP contribution in [-0.2, 0) is 5.75 Å². The molecule has 0 unspecified atom stereocenters. The molecule has 2 nitrogen and oxygen atoms in total. The van der Waals surface area contributed by atoms with Gasteiger partial charge in [0.15, 0.2) is 0 Å². The summed E-state index contributed by atoms with van der Waals surface area (Å²) >= 11 is 7.35. The average Bonchev–Trinajstić information content (AvgIpc) is 2.30. The van der Waals surface area contributed by atoms with Crippen LogP contribution in [0.2, 0.25) is 5.02 Å². The largest absolute Gasteiger partial charge is 0.399 e. The normalized spacial score (nSPS) is 10.5. The number of nitrogen functional groups attached to an aromatic ring is 1. The average molecular weight is 269 g/mol. The highest BCUT2D eigenvalue weighted by Crippen LogP contribution is 2.28. The number of rotatable bonds is 3. The third kappa shape index (κ3) is 3.11. The molecule has 0 radical (unpaired) electrons. The van der Waals surface area contributed by atoms with E-state index in [1.54, 1.807) is 24.5 Å². The van der Waals surface area contributed by atoms with Crippen LogP contribution in [0.4, 0.5) is 10.1 Å². The molecule has 2 N–H and O–H groups in total. The minimum absolute atomic E-state index is 0.305. The molecule has 1 aromatic carbocycles. The van der Waals surface area contributed by atoms with Gasteiger partial charge in [0.2, 0.25) is 0 Å². The number of halogens is 2. The van der Waals surface area contributed by atoms with Crippen molar-refractivity contribution < 1.29 is 4.39 Å². The van der Waals surface area contributed by atoms with E-state index in [0.29, 0.717) is 21.4 Å². The predicted octanol–water partition coefficient (Wildman–Crippen LogP) is 3.75. The predicted molar refractivity (Wildman–Crippen MR) is 69.6 cm³/mol. The van der Waals surface area contributed by atoms with Crippen LogP contribution in [0.25, 0.3) is 0 Å². The first kappa shape index (κ1) is 12.2. The third-order valence-electron chi connectivity index (χ3n) is 2.20. The maximum atomic E-state index is 13.5. The summed E-state index contributed by atoms with van der Waals surface area (Å²) in [5, 5.41) is 0.593. The molecule has 2 rings (SSSR count). The van der Waals surface area contributed by atoms with E-state index >= 15 is 0 Å². The molecule has 1 aromatic heterocycles. The van der Waals surface area contributed by atoms with Gasteiger partial charge in [0, 0.05) is 28.7 Å². The first-order valence-electron chi connectivity index (χ1n) is 4.93.